The van der Waals surface area contributed by atoms with Crippen molar-refractivity contribution in [3.05, 3.63) is 94.0 Å². The molecule has 0 amide bonds. The van der Waals surface area contributed by atoms with Crippen molar-refractivity contribution in [1.29, 1.82) is 0 Å². The van der Waals surface area contributed by atoms with Gasteiger partial charge in [0.25, 0.3) is 0 Å². The Hall–Kier alpha value is -3.44. The second kappa shape index (κ2) is 9.79. The molecule has 0 radical (unpaired) electrons. The summed E-state index contributed by atoms with van der Waals surface area (Å²) in [7, 11) is 1.71. The maximum Gasteiger partial charge on any atom is 0.161 e. The number of aromatic nitrogens is 1. The van der Waals surface area contributed by atoms with Gasteiger partial charge in [0.05, 0.1) is 6.61 Å². The molecule has 1 aromatic heterocycles. The molecule has 0 saturated carbocycles. The van der Waals surface area contributed by atoms with Crippen molar-refractivity contribution in [2.24, 2.45) is 0 Å². The molecule has 0 N–H and O–H groups in total. The van der Waals surface area contributed by atoms with E-state index in [0.717, 1.165) is 71.2 Å². The van der Waals surface area contributed by atoms with E-state index in [1.54, 1.807) is 7.11 Å². The summed E-state index contributed by atoms with van der Waals surface area (Å²) in [6.45, 7) is 4.10. The van der Waals surface area contributed by atoms with Crippen LogP contribution in [-0.2, 0) is 20.9 Å². The van der Waals surface area contributed by atoms with Gasteiger partial charge in [-0.1, -0.05) is 48.0 Å². The number of benzene rings is 2. The lowest BCUT2D eigenvalue weighted by atomic mass is 9.71. The first-order chi connectivity index (χ1) is 18.1. The molecule has 6 rings (SSSR count). The summed E-state index contributed by atoms with van der Waals surface area (Å²) in [4.78, 5) is 29.5. The van der Waals surface area contributed by atoms with Crippen LogP contribution in [0.5, 0.6) is 0 Å². The van der Waals surface area contributed by atoms with Crippen molar-refractivity contribution in [2.75, 3.05) is 20.3 Å². The van der Waals surface area contributed by atoms with Crippen molar-refractivity contribution in [3.8, 4) is 0 Å². The van der Waals surface area contributed by atoms with Gasteiger partial charge in [-0.3, -0.25) is 9.59 Å². The molecule has 3 aromatic rings. The minimum absolute atomic E-state index is 0.189. The number of nitrogens with zero attached hydrogens (tertiary/aromatic N) is 2. The van der Waals surface area contributed by atoms with Crippen LogP contribution in [-0.4, -0.2) is 41.3 Å². The molecule has 2 aliphatic carbocycles. The molecule has 3 aliphatic rings. The maximum atomic E-state index is 13.6. The standard InChI is InChI=1S/C32H34N2O3/c1-21-8-5-9-22(18-21)19-33-20-24(23-10-3-4-11-25(23)33)30-31-26(12-6-14-28(31)35)34(16-17-37-2)27-13-7-15-29(36)32(27)30/h3-5,8-11,18,20,30H,6-7,12-17,19H2,1-2H3. The molecule has 5 heteroatoms. The highest BCUT2D eigenvalue weighted by molar-refractivity contribution is 6.07. The Bertz CT molecular complexity index is 1410. The number of Topliss-reactive ketones (excluding diaryl/α,β-unsaturated/α-hetero) is 2. The van der Waals surface area contributed by atoms with E-state index in [1.807, 2.05) is 0 Å². The summed E-state index contributed by atoms with van der Waals surface area (Å²) in [5.74, 6) is 0.0799. The molecule has 37 heavy (non-hydrogen) atoms. The Labute approximate surface area is 218 Å². The quantitative estimate of drug-likeness (QED) is 0.418. The minimum Gasteiger partial charge on any atom is -0.383 e. The fraction of sp³-hybridized carbons (Fsp3) is 0.375. The second-order valence-electron chi connectivity index (χ2n) is 10.6. The van der Waals surface area contributed by atoms with Crippen molar-refractivity contribution >= 4 is 22.5 Å². The highest BCUT2D eigenvalue weighted by atomic mass is 16.5. The lowest BCUT2D eigenvalue weighted by molar-refractivity contribution is -0.117. The average molecular weight is 495 g/mol. The van der Waals surface area contributed by atoms with Gasteiger partial charge in [0.1, 0.15) is 0 Å². The van der Waals surface area contributed by atoms with Gasteiger partial charge in [-0.25, -0.2) is 0 Å². The van der Waals surface area contributed by atoms with E-state index in [0.29, 0.717) is 26.0 Å². The van der Waals surface area contributed by atoms with Gasteiger partial charge < -0.3 is 14.2 Å². The molecule has 1 aliphatic heterocycles. The Morgan fingerprint density at radius 2 is 1.59 bits per heavy atom. The van der Waals surface area contributed by atoms with Crippen molar-refractivity contribution in [1.82, 2.24) is 9.47 Å². The van der Waals surface area contributed by atoms with Crippen molar-refractivity contribution < 1.29 is 14.3 Å². The summed E-state index contributed by atoms with van der Waals surface area (Å²) < 4.78 is 7.72. The van der Waals surface area contributed by atoms with Crippen LogP contribution in [0, 0.1) is 6.92 Å². The summed E-state index contributed by atoms with van der Waals surface area (Å²) in [5.41, 5.74) is 8.61. The maximum absolute atomic E-state index is 13.6. The third-order valence-corrected chi connectivity index (χ3v) is 8.17. The normalized spacial score (nSPS) is 18.6. The lowest BCUT2D eigenvalue weighted by Gasteiger charge is -2.43. The molecule has 0 atom stereocenters. The van der Waals surface area contributed by atoms with Gasteiger partial charge in [0, 0.05) is 78.6 Å². The van der Waals surface area contributed by atoms with Crippen LogP contribution in [0.3, 0.4) is 0 Å². The fourth-order valence-electron chi connectivity index (χ4n) is 6.62. The van der Waals surface area contributed by atoms with E-state index >= 15 is 0 Å². The number of carbonyl (C=O) groups is 2. The number of aryl methyl sites for hydroxylation is 1. The number of carbonyl (C=O) groups excluding carboxylic acids is 2. The molecule has 2 heterocycles. The molecule has 0 bridgehead atoms. The highest BCUT2D eigenvalue weighted by Gasteiger charge is 2.44. The smallest absolute Gasteiger partial charge is 0.161 e. The van der Waals surface area contributed by atoms with E-state index in [-0.39, 0.29) is 17.5 Å². The Balaban J connectivity index is 1.56. The number of hydrogen-bond acceptors (Lipinski definition) is 4. The first-order valence-corrected chi connectivity index (χ1v) is 13.5. The molecule has 0 spiro atoms. The Kier molecular flexibility index (Phi) is 6.33. The average Bonchev–Trinajstić information content (AvgIpc) is 3.25. The molecule has 0 saturated heterocycles. The van der Waals surface area contributed by atoms with Gasteiger partial charge in [-0.15, -0.1) is 0 Å². The van der Waals surface area contributed by atoms with E-state index in [9.17, 15) is 9.59 Å². The number of ether oxygens (including phenoxy) is 1. The van der Waals surface area contributed by atoms with Crippen LogP contribution >= 0.6 is 0 Å². The molecule has 190 valence electrons. The summed E-state index contributed by atoms with van der Waals surface area (Å²) in [6, 6.07) is 17.0. The Morgan fingerprint density at radius 1 is 0.892 bits per heavy atom. The van der Waals surface area contributed by atoms with Gasteiger partial charge in [-0.05, 0) is 49.8 Å². The first kappa shape index (κ1) is 23.9. The monoisotopic (exact) mass is 494 g/mol. The molecular weight excluding hydrogens is 460 g/mol. The van der Waals surface area contributed by atoms with Crippen LogP contribution in [0.15, 0.2) is 77.3 Å². The SMILES string of the molecule is COCCN1C2=C(C(=O)CCC2)C(c2cn(Cc3cccc(C)c3)c3ccccc23)C2=C1CCCC2=O. The molecule has 5 nitrogen and oxygen atoms in total. The van der Waals surface area contributed by atoms with Gasteiger partial charge >= 0.3 is 0 Å². The zero-order chi connectivity index (χ0) is 25.5. The molecule has 0 fully saturated rings. The number of methoxy groups -OCH3 is 1. The third kappa shape index (κ3) is 4.15. The highest BCUT2D eigenvalue weighted by Crippen LogP contribution is 2.50. The van der Waals surface area contributed by atoms with Gasteiger partial charge in [0.2, 0.25) is 0 Å². The minimum atomic E-state index is -0.298. The van der Waals surface area contributed by atoms with E-state index in [4.69, 9.17) is 4.74 Å². The topological polar surface area (TPSA) is 51.5 Å². The lowest BCUT2D eigenvalue weighted by Crippen LogP contribution is -2.40. The Morgan fingerprint density at radius 3 is 2.27 bits per heavy atom. The molecule has 0 unspecified atom stereocenters. The zero-order valence-electron chi connectivity index (χ0n) is 21.8. The number of hydrogen-bond donors (Lipinski definition) is 0. The van der Waals surface area contributed by atoms with Crippen molar-refractivity contribution in [3.63, 3.8) is 0 Å². The van der Waals surface area contributed by atoms with E-state index < -0.39 is 0 Å². The van der Waals surface area contributed by atoms with Gasteiger partial charge in [-0.2, -0.15) is 0 Å². The molecule has 2 aromatic carbocycles. The summed E-state index contributed by atoms with van der Waals surface area (Å²) in [6.07, 6.45) is 6.77. The predicted octanol–water partition coefficient (Wildman–Crippen LogP) is 6.06. The molecular formula is C32H34N2O3. The van der Waals surface area contributed by atoms with Crippen LogP contribution in [0.4, 0.5) is 0 Å². The summed E-state index contributed by atoms with van der Waals surface area (Å²) in [5, 5.41) is 1.13. The number of fused-ring (bicyclic) bond motifs is 1. The number of allylic oxidation sites excluding steroid dienone is 4. The van der Waals surface area contributed by atoms with E-state index in [1.165, 1.54) is 11.1 Å². The predicted molar refractivity (Wildman–Crippen MR) is 145 cm³/mol. The number of ketones is 2. The first-order valence-electron chi connectivity index (χ1n) is 13.5. The van der Waals surface area contributed by atoms with Gasteiger partial charge in [0.15, 0.2) is 11.6 Å². The number of para-hydroxylation sites is 1. The number of rotatable bonds is 6. The van der Waals surface area contributed by atoms with Crippen LogP contribution in [0.2, 0.25) is 0 Å². The fourth-order valence-corrected chi connectivity index (χ4v) is 6.62. The summed E-state index contributed by atoms with van der Waals surface area (Å²) >= 11 is 0. The van der Waals surface area contributed by atoms with Crippen LogP contribution < -0.4 is 0 Å². The second-order valence-corrected chi connectivity index (χ2v) is 10.6. The van der Waals surface area contributed by atoms with Crippen LogP contribution in [0.25, 0.3) is 10.9 Å². The van der Waals surface area contributed by atoms with E-state index in [2.05, 4.69) is 71.1 Å². The van der Waals surface area contributed by atoms with Crippen molar-refractivity contribution in [2.45, 2.75) is 57.9 Å². The van der Waals surface area contributed by atoms with Crippen LogP contribution in [0.1, 0.15) is 61.1 Å². The third-order valence-electron chi connectivity index (χ3n) is 8.17. The largest absolute Gasteiger partial charge is 0.383 e. The zero-order valence-corrected chi connectivity index (χ0v) is 21.8.